The van der Waals surface area contributed by atoms with Gasteiger partial charge in [0, 0.05) is 13.1 Å². The number of aromatic nitrogens is 4. The summed E-state index contributed by atoms with van der Waals surface area (Å²) in [4.78, 5) is 20.5. The first-order chi connectivity index (χ1) is 12.1. The summed E-state index contributed by atoms with van der Waals surface area (Å²) in [5, 5.41) is 0.401. The Bertz CT molecular complexity index is 775. The average molecular weight is 358 g/mol. The van der Waals surface area contributed by atoms with Crippen molar-refractivity contribution >= 4 is 17.4 Å². The van der Waals surface area contributed by atoms with Crippen molar-refractivity contribution < 1.29 is 0 Å². The summed E-state index contributed by atoms with van der Waals surface area (Å²) in [6.07, 6.45) is 11.7. The Labute approximate surface area is 153 Å². The van der Waals surface area contributed by atoms with E-state index in [1.54, 1.807) is 6.20 Å². The highest BCUT2D eigenvalue weighted by Crippen LogP contribution is 2.46. The maximum atomic E-state index is 5.91. The van der Waals surface area contributed by atoms with Gasteiger partial charge < -0.3 is 4.90 Å². The summed E-state index contributed by atoms with van der Waals surface area (Å²) < 4.78 is 0. The van der Waals surface area contributed by atoms with Gasteiger partial charge >= 0.3 is 0 Å². The second kappa shape index (κ2) is 6.52. The highest BCUT2D eigenvalue weighted by molar-refractivity contribution is 6.29. The smallest absolute Gasteiger partial charge is 0.147 e. The van der Waals surface area contributed by atoms with Gasteiger partial charge in [0.15, 0.2) is 0 Å². The number of hydrogen-bond acceptors (Lipinski definition) is 5. The molecule has 1 saturated carbocycles. The van der Waals surface area contributed by atoms with Crippen molar-refractivity contribution in [2.45, 2.75) is 52.4 Å². The molecular weight excluding hydrogens is 334 g/mol. The number of hydrogen-bond donors (Lipinski definition) is 0. The summed E-state index contributed by atoms with van der Waals surface area (Å²) in [5.41, 5.74) is 3.82. The van der Waals surface area contributed by atoms with Crippen LogP contribution < -0.4 is 4.90 Å². The summed E-state index contributed by atoms with van der Waals surface area (Å²) >= 11 is 5.91. The number of aryl methyl sites for hydroxylation is 2. The molecule has 2 fully saturated rings. The first-order valence-corrected chi connectivity index (χ1v) is 9.52. The van der Waals surface area contributed by atoms with E-state index in [1.165, 1.54) is 38.5 Å². The molecule has 3 heterocycles. The fraction of sp³-hybridized carbons (Fsp3) is 0.579. The minimum atomic E-state index is 0.401. The summed E-state index contributed by atoms with van der Waals surface area (Å²) in [5.74, 6) is 0.980. The number of piperidine rings is 1. The largest absolute Gasteiger partial charge is 0.355 e. The van der Waals surface area contributed by atoms with Crippen LogP contribution in [0.3, 0.4) is 0 Å². The van der Waals surface area contributed by atoms with E-state index in [0.717, 1.165) is 41.7 Å². The van der Waals surface area contributed by atoms with E-state index < -0.39 is 0 Å². The monoisotopic (exact) mass is 357 g/mol. The molecule has 1 aliphatic heterocycles. The predicted octanol–water partition coefficient (Wildman–Crippen LogP) is 4.36. The maximum Gasteiger partial charge on any atom is 0.147 e. The lowest BCUT2D eigenvalue weighted by Crippen LogP contribution is -2.39. The van der Waals surface area contributed by atoms with Gasteiger partial charge in [-0.2, -0.15) is 0 Å². The zero-order valence-electron chi connectivity index (χ0n) is 14.9. The molecular formula is C19H24ClN5. The molecule has 0 atom stereocenters. The Morgan fingerprint density at radius 2 is 1.48 bits per heavy atom. The fourth-order valence-corrected chi connectivity index (χ4v) is 4.55. The van der Waals surface area contributed by atoms with Crippen molar-refractivity contribution in [1.29, 1.82) is 0 Å². The minimum Gasteiger partial charge on any atom is -0.355 e. The Morgan fingerprint density at radius 1 is 0.880 bits per heavy atom. The molecule has 2 aliphatic rings. The van der Waals surface area contributed by atoms with E-state index in [9.17, 15) is 0 Å². The normalized spacial score (nSPS) is 19.6. The molecule has 2 aromatic rings. The summed E-state index contributed by atoms with van der Waals surface area (Å²) in [6.45, 7) is 6.07. The average Bonchev–Trinajstić information content (AvgIpc) is 3.04. The molecule has 0 radical (unpaired) electrons. The molecule has 1 aliphatic carbocycles. The minimum absolute atomic E-state index is 0.401. The topological polar surface area (TPSA) is 54.8 Å². The zero-order chi connectivity index (χ0) is 17.4. The van der Waals surface area contributed by atoms with Crippen molar-refractivity contribution in [2.24, 2.45) is 5.41 Å². The summed E-state index contributed by atoms with van der Waals surface area (Å²) in [7, 11) is 0. The van der Waals surface area contributed by atoms with Crippen LogP contribution in [0.2, 0.25) is 5.15 Å². The van der Waals surface area contributed by atoms with Crippen LogP contribution in [0.1, 0.15) is 49.9 Å². The number of anilines is 1. The van der Waals surface area contributed by atoms with Crippen LogP contribution >= 0.6 is 11.6 Å². The Kier molecular flexibility index (Phi) is 4.36. The predicted molar refractivity (Wildman–Crippen MR) is 99.9 cm³/mol. The SMILES string of the molecule is Cc1nc(Cl)cnc1-c1ncc(N2CCC3(CCCC3)CC2)nc1C. The number of rotatable bonds is 2. The van der Waals surface area contributed by atoms with Crippen molar-refractivity contribution in [3.63, 3.8) is 0 Å². The standard InChI is InChI=1S/C19H24ClN5/c1-13-17(21-11-15(20)23-13)18-14(2)24-16(12-22-18)25-9-7-19(8-10-25)5-3-4-6-19/h11-12H,3-10H2,1-2H3. The van der Waals surface area contributed by atoms with Crippen LogP contribution in [0.15, 0.2) is 12.4 Å². The van der Waals surface area contributed by atoms with Crippen LogP contribution in [0, 0.1) is 19.3 Å². The molecule has 0 amide bonds. The van der Waals surface area contributed by atoms with Crippen LogP contribution in [0.5, 0.6) is 0 Å². The lowest BCUT2D eigenvalue weighted by molar-refractivity contribution is 0.226. The lowest BCUT2D eigenvalue weighted by atomic mass is 9.77. The molecule has 4 rings (SSSR count). The van der Waals surface area contributed by atoms with Crippen LogP contribution in [-0.4, -0.2) is 33.0 Å². The van der Waals surface area contributed by atoms with E-state index in [0.29, 0.717) is 10.6 Å². The second-order valence-electron chi connectivity index (χ2n) is 7.48. The lowest BCUT2D eigenvalue weighted by Gasteiger charge is -2.39. The van der Waals surface area contributed by atoms with Gasteiger partial charge in [-0.3, -0.25) is 0 Å². The Balaban J connectivity index is 1.54. The van der Waals surface area contributed by atoms with Crippen LogP contribution in [0.4, 0.5) is 5.82 Å². The van der Waals surface area contributed by atoms with Gasteiger partial charge in [-0.05, 0) is 44.9 Å². The maximum absolute atomic E-state index is 5.91. The van der Waals surface area contributed by atoms with Gasteiger partial charge in [0.2, 0.25) is 0 Å². The molecule has 25 heavy (non-hydrogen) atoms. The Hall–Kier alpha value is -1.75. The quantitative estimate of drug-likeness (QED) is 0.799. The zero-order valence-corrected chi connectivity index (χ0v) is 15.7. The van der Waals surface area contributed by atoms with Gasteiger partial charge in [0.25, 0.3) is 0 Å². The third kappa shape index (κ3) is 3.22. The van der Waals surface area contributed by atoms with Crippen LogP contribution in [-0.2, 0) is 0 Å². The number of halogens is 1. The Morgan fingerprint density at radius 3 is 2.08 bits per heavy atom. The molecule has 132 valence electrons. The van der Waals surface area contributed by atoms with Crippen molar-refractivity contribution in [2.75, 3.05) is 18.0 Å². The van der Waals surface area contributed by atoms with E-state index >= 15 is 0 Å². The molecule has 6 heteroatoms. The van der Waals surface area contributed by atoms with Crippen molar-refractivity contribution in [3.8, 4) is 11.4 Å². The van der Waals surface area contributed by atoms with Crippen LogP contribution in [0.25, 0.3) is 11.4 Å². The molecule has 0 unspecified atom stereocenters. The highest BCUT2D eigenvalue weighted by atomic mass is 35.5. The van der Waals surface area contributed by atoms with Gasteiger partial charge in [0.05, 0.1) is 23.8 Å². The second-order valence-corrected chi connectivity index (χ2v) is 7.87. The molecule has 0 bridgehead atoms. The molecule has 0 aromatic carbocycles. The van der Waals surface area contributed by atoms with E-state index in [1.807, 2.05) is 20.0 Å². The van der Waals surface area contributed by atoms with Gasteiger partial charge in [0.1, 0.15) is 22.4 Å². The first kappa shape index (κ1) is 16.7. The van der Waals surface area contributed by atoms with Crippen molar-refractivity contribution in [1.82, 2.24) is 19.9 Å². The fourth-order valence-electron chi connectivity index (χ4n) is 4.38. The highest BCUT2D eigenvalue weighted by Gasteiger charge is 2.37. The van der Waals surface area contributed by atoms with E-state index in [2.05, 4.69) is 19.9 Å². The number of nitrogens with zero attached hydrogens (tertiary/aromatic N) is 5. The van der Waals surface area contributed by atoms with Gasteiger partial charge in [-0.1, -0.05) is 24.4 Å². The third-order valence-electron chi connectivity index (χ3n) is 5.89. The van der Waals surface area contributed by atoms with Crippen molar-refractivity contribution in [3.05, 3.63) is 28.9 Å². The molecule has 0 N–H and O–H groups in total. The van der Waals surface area contributed by atoms with Gasteiger partial charge in [-0.15, -0.1) is 0 Å². The molecule has 1 spiro atoms. The van der Waals surface area contributed by atoms with Gasteiger partial charge in [-0.25, -0.2) is 19.9 Å². The molecule has 1 saturated heterocycles. The third-order valence-corrected chi connectivity index (χ3v) is 6.07. The first-order valence-electron chi connectivity index (χ1n) is 9.14. The molecule has 5 nitrogen and oxygen atoms in total. The van der Waals surface area contributed by atoms with E-state index in [-0.39, 0.29) is 0 Å². The molecule has 2 aromatic heterocycles. The summed E-state index contributed by atoms with van der Waals surface area (Å²) in [6, 6.07) is 0. The van der Waals surface area contributed by atoms with E-state index in [4.69, 9.17) is 16.6 Å².